The van der Waals surface area contributed by atoms with Gasteiger partial charge in [0.1, 0.15) is 0 Å². The lowest BCUT2D eigenvalue weighted by atomic mass is 9.71. The van der Waals surface area contributed by atoms with Crippen LogP contribution in [0.2, 0.25) is 0 Å². The Labute approximate surface area is 120 Å². The number of likely N-dealkylation sites (tertiary alicyclic amines) is 1. The van der Waals surface area contributed by atoms with Crippen molar-refractivity contribution < 1.29 is 0 Å². The molecule has 112 valence electrons. The average Bonchev–Trinajstić information content (AvgIpc) is 3.00. The lowest BCUT2D eigenvalue weighted by Crippen LogP contribution is -2.62. The highest BCUT2D eigenvalue weighted by Crippen LogP contribution is 2.39. The van der Waals surface area contributed by atoms with Gasteiger partial charge >= 0.3 is 0 Å². The van der Waals surface area contributed by atoms with Gasteiger partial charge in [-0.1, -0.05) is 33.1 Å². The summed E-state index contributed by atoms with van der Waals surface area (Å²) >= 11 is 0. The van der Waals surface area contributed by atoms with Crippen molar-refractivity contribution in [1.82, 2.24) is 10.2 Å². The minimum atomic E-state index is 0.410. The van der Waals surface area contributed by atoms with E-state index in [1.165, 1.54) is 70.9 Å². The molecule has 0 radical (unpaired) electrons. The second kappa shape index (κ2) is 7.08. The van der Waals surface area contributed by atoms with Crippen LogP contribution in [0.4, 0.5) is 0 Å². The molecule has 0 bridgehead atoms. The van der Waals surface area contributed by atoms with E-state index in [0.717, 1.165) is 5.92 Å². The third kappa shape index (κ3) is 3.00. The maximum absolute atomic E-state index is 3.75. The summed E-state index contributed by atoms with van der Waals surface area (Å²) in [5, 5.41) is 3.75. The Morgan fingerprint density at radius 1 is 1.00 bits per heavy atom. The van der Waals surface area contributed by atoms with E-state index in [0.29, 0.717) is 11.6 Å². The molecule has 1 heterocycles. The fourth-order valence-electron chi connectivity index (χ4n) is 4.91. The molecule has 0 aromatic heterocycles. The summed E-state index contributed by atoms with van der Waals surface area (Å²) in [6.07, 6.45) is 12.7. The van der Waals surface area contributed by atoms with E-state index < -0.39 is 0 Å². The normalized spacial score (nSPS) is 24.8. The first-order valence-electron chi connectivity index (χ1n) is 8.70. The zero-order valence-electron chi connectivity index (χ0n) is 13.4. The van der Waals surface area contributed by atoms with Crippen LogP contribution in [0, 0.1) is 5.92 Å². The summed E-state index contributed by atoms with van der Waals surface area (Å²) in [5.74, 6) is 0.902. The smallest absolute Gasteiger partial charge is 0.0359 e. The first kappa shape index (κ1) is 15.3. The molecule has 1 N–H and O–H groups in total. The Balaban J connectivity index is 2.17. The molecule has 0 spiro atoms. The van der Waals surface area contributed by atoms with Gasteiger partial charge in [-0.2, -0.15) is 0 Å². The Morgan fingerprint density at radius 2 is 1.58 bits per heavy atom. The van der Waals surface area contributed by atoms with E-state index in [-0.39, 0.29) is 0 Å². The molecule has 0 aromatic rings. The molecule has 1 aliphatic heterocycles. The van der Waals surface area contributed by atoms with Crippen molar-refractivity contribution in [3.63, 3.8) is 0 Å². The molecular weight excluding hydrogens is 232 g/mol. The maximum atomic E-state index is 3.75. The van der Waals surface area contributed by atoms with Crippen molar-refractivity contribution in [2.24, 2.45) is 5.92 Å². The molecule has 2 heteroatoms. The summed E-state index contributed by atoms with van der Waals surface area (Å²) in [6.45, 7) is 7.48. The number of nitrogens with zero attached hydrogens (tertiary/aromatic N) is 1. The number of nitrogens with one attached hydrogen (secondary N) is 1. The molecule has 2 fully saturated rings. The van der Waals surface area contributed by atoms with Gasteiger partial charge in [0.2, 0.25) is 0 Å². The third-order valence-electron chi connectivity index (χ3n) is 5.97. The highest BCUT2D eigenvalue weighted by Gasteiger charge is 2.44. The van der Waals surface area contributed by atoms with Gasteiger partial charge < -0.3 is 5.32 Å². The first-order chi connectivity index (χ1) is 9.28. The predicted octanol–water partition coefficient (Wildman–Crippen LogP) is 3.81. The molecule has 2 rings (SSSR count). The minimum absolute atomic E-state index is 0.410. The monoisotopic (exact) mass is 266 g/mol. The number of hydrogen-bond acceptors (Lipinski definition) is 2. The van der Waals surface area contributed by atoms with Crippen molar-refractivity contribution in [2.75, 3.05) is 20.1 Å². The fraction of sp³-hybridized carbons (Fsp3) is 1.00. The van der Waals surface area contributed by atoms with E-state index in [9.17, 15) is 0 Å². The zero-order valence-corrected chi connectivity index (χ0v) is 13.4. The molecule has 1 saturated heterocycles. The van der Waals surface area contributed by atoms with Crippen molar-refractivity contribution in [2.45, 2.75) is 83.2 Å². The lowest BCUT2D eigenvalue weighted by Gasteiger charge is -2.50. The Hall–Kier alpha value is -0.0800. The summed E-state index contributed by atoms with van der Waals surface area (Å²) < 4.78 is 0. The van der Waals surface area contributed by atoms with Gasteiger partial charge in [0.15, 0.2) is 0 Å². The van der Waals surface area contributed by atoms with Crippen molar-refractivity contribution >= 4 is 0 Å². The molecule has 1 atom stereocenters. The van der Waals surface area contributed by atoms with Crippen molar-refractivity contribution in [3.8, 4) is 0 Å². The third-order valence-corrected chi connectivity index (χ3v) is 5.97. The van der Waals surface area contributed by atoms with Gasteiger partial charge in [0, 0.05) is 11.6 Å². The molecule has 1 saturated carbocycles. The van der Waals surface area contributed by atoms with Gasteiger partial charge in [-0.25, -0.2) is 0 Å². The largest absolute Gasteiger partial charge is 0.315 e. The topological polar surface area (TPSA) is 15.3 Å². The van der Waals surface area contributed by atoms with E-state index in [1.807, 2.05) is 0 Å². The van der Waals surface area contributed by atoms with Crippen LogP contribution < -0.4 is 5.32 Å². The van der Waals surface area contributed by atoms with Crippen LogP contribution in [-0.2, 0) is 0 Å². The second-order valence-corrected chi connectivity index (χ2v) is 6.67. The summed E-state index contributed by atoms with van der Waals surface area (Å²) in [6, 6.07) is 0.695. The van der Waals surface area contributed by atoms with Crippen LogP contribution in [0.25, 0.3) is 0 Å². The summed E-state index contributed by atoms with van der Waals surface area (Å²) in [5.41, 5.74) is 0.410. The maximum Gasteiger partial charge on any atom is 0.0359 e. The van der Waals surface area contributed by atoms with Gasteiger partial charge in [-0.05, 0) is 64.6 Å². The van der Waals surface area contributed by atoms with Gasteiger partial charge in [-0.15, -0.1) is 0 Å². The zero-order chi connectivity index (χ0) is 13.7. The molecule has 19 heavy (non-hydrogen) atoms. The molecule has 1 unspecified atom stereocenters. The molecule has 2 nitrogen and oxygen atoms in total. The average molecular weight is 266 g/mol. The molecule has 2 aliphatic rings. The highest BCUT2D eigenvalue weighted by atomic mass is 15.2. The van der Waals surface area contributed by atoms with E-state index >= 15 is 0 Å². The Bertz CT molecular complexity index is 248. The van der Waals surface area contributed by atoms with Crippen LogP contribution in [0.1, 0.15) is 71.6 Å². The lowest BCUT2D eigenvalue weighted by molar-refractivity contribution is 0.0318. The number of hydrogen-bond donors (Lipinski definition) is 1. The molecule has 1 aliphatic carbocycles. The number of rotatable bonds is 6. The van der Waals surface area contributed by atoms with Crippen LogP contribution in [0.3, 0.4) is 0 Å². The Kier molecular flexibility index (Phi) is 5.70. The van der Waals surface area contributed by atoms with Gasteiger partial charge in [0.25, 0.3) is 0 Å². The van der Waals surface area contributed by atoms with E-state index in [2.05, 4.69) is 31.1 Å². The van der Waals surface area contributed by atoms with Crippen LogP contribution >= 0.6 is 0 Å². The fourth-order valence-corrected chi connectivity index (χ4v) is 4.91. The second-order valence-electron chi connectivity index (χ2n) is 6.67. The first-order valence-corrected chi connectivity index (χ1v) is 8.70. The van der Waals surface area contributed by atoms with Crippen molar-refractivity contribution in [3.05, 3.63) is 0 Å². The Morgan fingerprint density at radius 3 is 2.05 bits per heavy atom. The van der Waals surface area contributed by atoms with Crippen LogP contribution in [-0.4, -0.2) is 36.6 Å². The molecule has 0 amide bonds. The summed E-state index contributed by atoms with van der Waals surface area (Å²) in [4.78, 5) is 2.82. The summed E-state index contributed by atoms with van der Waals surface area (Å²) in [7, 11) is 2.20. The van der Waals surface area contributed by atoms with E-state index in [1.54, 1.807) is 0 Å². The van der Waals surface area contributed by atoms with Crippen LogP contribution in [0.15, 0.2) is 0 Å². The standard InChI is InChI=1S/C17H34N2/c1-4-17(5-2,19-13-9-10-14-19)16(18-3)15-11-7-6-8-12-15/h15-16,18H,4-14H2,1-3H3. The SMILES string of the molecule is CCC(CC)(C(NC)C1CCCCC1)N1CCCC1. The highest BCUT2D eigenvalue weighted by molar-refractivity contribution is 5.03. The van der Waals surface area contributed by atoms with Crippen molar-refractivity contribution in [1.29, 1.82) is 0 Å². The predicted molar refractivity (Wildman–Crippen MR) is 83.5 cm³/mol. The van der Waals surface area contributed by atoms with E-state index in [4.69, 9.17) is 0 Å². The molecule has 0 aromatic carbocycles. The minimum Gasteiger partial charge on any atom is -0.315 e. The van der Waals surface area contributed by atoms with Gasteiger partial charge in [0.05, 0.1) is 0 Å². The van der Waals surface area contributed by atoms with Gasteiger partial charge in [-0.3, -0.25) is 4.90 Å². The molecular formula is C17H34N2. The van der Waals surface area contributed by atoms with Crippen LogP contribution in [0.5, 0.6) is 0 Å². The quantitative estimate of drug-likeness (QED) is 0.786. The number of likely N-dealkylation sites (N-methyl/N-ethyl adjacent to an activating group) is 1.